The molecule has 17 heavy (non-hydrogen) atoms. The van der Waals surface area contributed by atoms with Gasteiger partial charge in [-0.2, -0.15) is 0 Å². The maximum absolute atomic E-state index is 4.57. The Hall–Kier alpha value is -0.610. The Kier molecular flexibility index (Phi) is 4.40. The maximum Gasteiger partial charge on any atom is 0.133 e. The zero-order chi connectivity index (χ0) is 12.3. The normalized spacial score (nSPS) is 15.7. The highest BCUT2D eigenvalue weighted by molar-refractivity contribution is 9.10. The van der Waals surface area contributed by atoms with Crippen LogP contribution in [0.15, 0.2) is 16.7 Å². The van der Waals surface area contributed by atoms with Crippen LogP contribution in [0.5, 0.6) is 0 Å². The molecule has 1 heterocycles. The van der Waals surface area contributed by atoms with Gasteiger partial charge in [0, 0.05) is 35.9 Å². The van der Waals surface area contributed by atoms with Crippen LogP contribution in [0.4, 0.5) is 5.82 Å². The number of hydrogen-bond acceptors (Lipinski definition) is 3. The van der Waals surface area contributed by atoms with E-state index in [-0.39, 0.29) is 0 Å². The van der Waals surface area contributed by atoms with Gasteiger partial charge in [0.25, 0.3) is 0 Å². The summed E-state index contributed by atoms with van der Waals surface area (Å²) in [4.78, 5) is 6.91. The number of nitrogens with zero attached hydrogens (tertiary/aromatic N) is 2. The lowest BCUT2D eigenvalue weighted by molar-refractivity contribution is 0.398. The lowest BCUT2D eigenvalue weighted by atomic mass is 9.91. The largest absolute Gasteiger partial charge is 0.356 e. The molecule has 0 saturated heterocycles. The van der Waals surface area contributed by atoms with Crippen molar-refractivity contribution < 1.29 is 0 Å². The van der Waals surface area contributed by atoms with Crippen LogP contribution >= 0.6 is 15.9 Å². The topological polar surface area (TPSA) is 28.2 Å². The summed E-state index contributed by atoms with van der Waals surface area (Å²) in [6.07, 6.45) is 5.85. The van der Waals surface area contributed by atoms with Crippen molar-refractivity contribution in [1.29, 1.82) is 0 Å². The van der Waals surface area contributed by atoms with Crippen molar-refractivity contribution in [2.24, 2.45) is 0 Å². The second-order valence-electron chi connectivity index (χ2n) is 4.61. The summed E-state index contributed by atoms with van der Waals surface area (Å²) < 4.78 is 1.05. The minimum Gasteiger partial charge on any atom is -0.356 e. The summed E-state index contributed by atoms with van der Waals surface area (Å²) in [5.41, 5.74) is 1.27. The minimum atomic E-state index is 0.684. The fourth-order valence-corrected chi connectivity index (χ4v) is 2.51. The zero-order valence-electron chi connectivity index (χ0n) is 10.5. The van der Waals surface area contributed by atoms with E-state index in [1.807, 2.05) is 6.20 Å². The predicted octanol–water partition coefficient (Wildman–Crippen LogP) is 2.94. The second kappa shape index (κ2) is 5.83. The van der Waals surface area contributed by atoms with Gasteiger partial charge in [0.15, 0.2) is 0 Å². The van der Waals surface area contributed by atoms with Gasteiger partial charge >= 0.3 is 0 Å². The molecule has 1 N–H and O–H groups in total. The van der Waals surface area contributed by atoms with Gasteiger partial charge in [-0.25, -0.2) is 4.98 Å². The number of aromatic nitrogens is 1. The summed E-state index contributed by atoms with van der Waals surface area (Å²) >= 11 is 3.50. The van der Waals surface area contributed by atoms with E-state index in [0.29, 0.717) is 6.04 Å². The first kappa shape index (κ1) is 12.8. The van der Waals surface area contributed by atoms with Gasteiger partial charge in [0.05, 0.1) is 0 Å². The number of halogens is 1. The average Bonchev–Trinajstić information content (AvgIpc) is 2.23. The van der Waals surface area contributed by atoms with Crippen molar-refractivity contribution in [1.82, 2.24) is 10.3 Å². The van der Waals surface area contributed by atoms with Crippen molar-refractivity contribution in [3.05, 3.63) is 22.3 Å². The zero-order valence-corrected chi connectivity index (χ0v) is 12.1. The van der Waals surface area contributed by atoms with Crippen molar-refractivity contribution in [2.75, 3.05) is 18.5 Å². The van der Waals surface area contributed by atoms with Crippen molar-refractivity contribution in [3.8, 4) is 0 Å². The van der Waals surface area contributed by atoms with E-state index in [9.17, 15) is 0 Å². The Bertz CT molecular complexity index is 377. The number of anilines is 1. The molecule has 0 radical (unpaired) electrons. The third-order valence-electron chi connectivity index (χ3n) is 3.43. The van der Waals surface area contributed by atoms with E-state index in [1.165, 1.54) is 24.8 Å². The molecule has 1 aromatic heterocycles. The molecular formula is C13H20BrN3. The van der Waals surface area contributed by atoms with E-state index < -0.39 is 0 Å². The van der Waals surface area contributed by atoms with Gasteiger partial charge < -0.3 is 10.2 Å². The first-order valence-electron chi connectivity index (χ1n) is 6.30. The molecular weight excluding hydrogens is 278 g/mol. The number of nitrogens with one attached hydrogen (secondary N) is 1. The molecule has 0 bridgehead atoms. The summed E-state index contributed by atoms with van der Waals surface area (Å²) in [6.45, 7) is 4.00. The number of hydrogen-bond donors (Lipinski definition) is 1. The van der Waals surface area contributed by atoms with Gasteiger partial charge in [0.2, 0.25) is 0 Å². The summed E-state index contributed by atoms with van der Waals surface area (Å²) in [6, 6.07) is 2.85. The van der Waals surface area contributed by atoms with Gasteiger partial charge in [-0.15, -0.1) is 0 Å². The Morgan fingerprint density at radius 2 is 2.29 bits per heavy atom. The quantitative estimate of drug-likeness (QED) is 0.906. The molecule has 3 nitrogen and oxygen atoms in total. The SMILES string of the molecule is CCNCc1cc(Br)cnc1N(C)C1CCC1. The fourth-order valence-electron chi connectivity index (χ4n) is 2.13. The first-order valence-corrected chi connectivity index (χ1v) is 7.09. The summed E-state index contributed by atoms with van der Waals surface area (Å²) in [7, 11) is 2.16. The van der Waals surface area contributed by atoms with Crippen molar-refractivity contribution in [2.45, 2.75) is 38.8 Å². The Labute approximate surface area is 112 Å². The van der Waals surface area contributed by atoms with Crippen LogP contribution in [0.3, 0.4) is 0 Å². The van der Waals surface area contributed by atoms with Gasteiger partial charge in [-0.3, -0.25) is 0 Å². The highest BCUT2D eigenvalue weighted by Gasteiger charge is 2.24. The standard InChI is InChI=1S/C13H20BrN3/c1-3-15-8-10-7-11(14)9-16-13(10)17(2)12-5-4-6-12/h7,9,12,15H,3-6,8H2,1-2H3. The minimum absolute atomic E-state index is 0.684. The summed E-state index contributed by atoms with van der Waals surface area (Å²) in [5.74, 6) is 1.12. The molecule has 4 heteroatoms. The monoisotopic (exact) mass is 297 g/mol. The van der Waals surface area contributed by atoms with Crippen LogP contribution in [0.25, 0.3) is 0 Å². The highest BCUT2D eigenvalue weighted by atomic mass is 79.9. The fraction of sp³-hybridized carbons (Fsp3) is 0.615. The van der Waals surface area contributed by atoms with Crippen LogP contribution in [0, 0.1) is 0 Å². The first-order chi connectivity index (χ1) is 8.22. The molecule has 94 valence electrons. The molecule has 0 aliphatic heterocycles. The predicted molar refractivity (Wildman–Crippen MR) is 75.4 cm³/mol. The van der Waals surface area contributed by atoms with Crippen molar-refractivity contribution in [3.63, 3.8) is 0 Å². The van der Waals surface area contributed by atoms with E-state index in [2.05, 4.69) is 51.2 Å². The highest BCUT2D eigenvalue weighted by Crippen LogP contribution is 2.29. The van der Waals surface area contributed by atoms with Crippen LogP contribution in [0.1, 0.15) is 31.7 Å². The van der Waals surface area contributed by atoms with Crippen molar-refractivity contribution >= 4 is 21.7 Å². The van der Waals surface area contributed by atoms with Crippen LogP contribution < -0.4 is 10.2 Å². The van der Waals surface area contributed by atoms with Crippen LogP contribution in [-0.4, -0.2) is 24.6 Å². The molecule has 0 amide bonds. The number of rotatable bonds is 5. The van der Waals surface area contributed by atoms with E-state index in [4.69, 9.17) is 0 Å². The smallest absolute Gasteiger partial charge is 0.133 e. The Balaban J connectivity index is 2.18. The van der Waals surface area contributed by atoms with E-state index in [0.717, 1.165) is 23.4 Å². The molecule has 0 atom stereocenters. The molecule has 0 spiro atoms. The molecule has 1 aromatic rings. The maximum atomic E-state index is 4.57. The second-order valence-corrected chi connectivity index (χ2v) is 5.53. The lowest BCUT2D eigenvalue weighted by Gasteiger charge is -2.36. The van der Waals surface area contributed by atoms with Gasteiger partial charge in [-0.1, -0.05) is 6.92 Å². The lowest BCUT2D eigenvalue weighted by Crippen LogP contribution is -2.38. The molecule has 2 rings (SSSR count). The molecule has 1 fully saturated rings. The average molecular weight is 298 g/mol. The summed E-state index contributed by atoms with van der Waals surface area (Å²) in [5, 5.41) is 3.37. The number of pyridine rings is 1. The van der Waals surface area contributed by atoms with E-state index >= 15 is 0 Å². The van der Waals surface area contributed by atoms with Gasteiger partial charge in [0.1, 0.15) is 5.82 Å². The molecule has 1 aliphatic carbocycles. The molecule has 1 aliphatic rings. The van der Waals surface area contributed by atoms with Crippen LogP contribution in [0.2, 0.25) is 0 Å². The Morgan fingerprint density at radius 1 is 1.53 bits per heavy atom. The molecule has 0 unspecified atom stereocenters. The van der Waals surface area contributed by atoms with E-state index in [1.54, 1.807) is 0 Å². The molecule has 0 aromatic carbocycles. The Morgan fingerprint density at radius 3 is 2.88 bits per heavy atom. The molecule has 1 saturated carbocycles. The third kappa shape index (κ3) is 2.99. The van der Waals surface area contributed by atoms with Gasteiger partial charge in [-0.05, 0) is 47.8 Å². The third-order valence-corrected chi connectivity index (χ3v) is 3.87. The van der Waals surface area contributed by atoms with Crippen LogP contribution in [-0.2, 0) is 6.54 Å².